The SMILES string of the molecule is CCC(C)[C](Cc1ccccc1)c1ccnc(C(C)(C)C)c1. The van der Waals surface area contributed by atoms with E-state index in [-0.39, 0.29) is 5.41 Å². The van der Waals surface area contributed by atoms with Crippen LogP contribution in [-0.2, 0) is 11.8 Å². The first-order valence-electron chi connectivity index (χ1n) is 8.28. The zero-order valence-electron chi connectivity index (χ0n) is 14.6. The molecule has 1 aromatic carbocycles. The first-order valence-corrected chi connectivity index (χ1v) is 8.28. The summed E-state index contributed by atoms with van der Waals surface area (Å²) < 4.78 is 0. The van der Waals surface area contributed by atoms with E-state index in [0.29, 0.717) is 5.92 Å². The highest BCUT2D eigenvalue weighted by Crippen LogP contribution is 2.31. The van der Waals surface area contributed by atoms with E-state index >= 15 is 0 Å². The maximum atomic E-state index is 4.57. The van der Waals surface area contributed by atoms with Gasteiger partial charge in [0.25, 0.3) is 0 Å². The molecule has 1 nitrogen and oxygen atoms in total. The number of hydrogen-bond acceptors (Lipinski definition) is 1. The molecule has 117 valence electrons. The number of pyridine rings is 1. The summed E-state index contributed by atoms with van der Waals surface area (Å²) >= 11 is 0. The summed E-state index contributed by atoms with van der Waals surface area (Å²) in [5.74, 6) is 2.09. The Bertz CT molecular complexity index is 580. The molecule has 0 fully saturated rings. The maximum Gasteiger partial charge on any atom is 0.0459 e. The van der Waals surface area contributed by atoms with Crippen LogP contribution in [0.4, 0.5) is 0 Å². The fraction of sp³-hybridized carbons (Fsp3) is 0.429. The standard InChI is InChI=1S/C21H28N/c1-6-16(2)19(14-17-10-8-7-9-11-17)18-12-13-22-20(15-18)21(3,4)5/h7-13,15-16H,6,14H2,1-5H3. The fourth-order valence-electron chi connectivity index (χ4n) is 2.66. The van der Waals surface area contributed by atoms with Crippen molar-refractivity contribution in [3.63, 3.8) is 0 Å². The maximum absolute atomic E-state index is 4.57. The summed E-state index contributed by atoms with van der Waals surface area (Å²) in [6.07, 6.45) is 4.14. The molecule has 1 aromatic heterocycles. The van der Waals surface area contributed by atoms with Crippen LogP contribution in [0.5, 0.6) is 0 Å². The van der Waals surface area contributed by atoms with Gasteiger partial charge < -0.3 is 0 Å². The molecule has 1 atom stereocenters. The molecule has 0 amide bonds. The molecule has 0 spiro atoms. The van der Waals surface area contributed by atoms with E-state index in [4.69, 9.17) is 0 Å². The molecule has 22 heavy (non-hydrogen) atoms. The summed E-state index contributed by atoms with van der Waals surface area (Å²) in [5.41, 5.74) is 3.98. The van der Waals surface area contributed by atoms with Gasteiger partial charge in [-0.25, -0.2) is 0 Å². The third-order valence-corrected chi connectivity index (χ3v) is 4.34. The van der Waals surface area contributed by atoms with Crippen molar-refractivity contribution in [1.29, 1.82) is 0 Å². The van der Waals surface area contributed by atoms with E-state index < -0.39 is 0 Å². The second-order valence-electron chi connectivity index (χ2n) is 7.18. The second-order valence-corrected chi connectivity index (χ2v) is 7.18. The predicted octanol–water partition coefficient (Wildman–Crippen LogP) is 5.59. The monoisotopic (exact) mass is 294 g/mol. The van der Waals surface area contributed by atoms with Crippen molar-refractivity contribution < 1.29 is 0 Å². The lowest BCUT2D eigenvalue weighted by atomic mass is 9.80. The van der Waals surface area contributed by atoms with Crippen LogP contribution in [0.3, 0.4) is 0 Å². The van der Waals surface area contributed by atoms with Crippen LogP contribution in [-0.4, -0.2) is 4.98 Å². The topological polar surface area (TPSA) is 12.9 Å². The molecule has 1 unspecified atom stereocenters. The van der Waals surface area contributed by atoms with Crippen LogP contribution in [0.2, 0.25) is 0 Å². The molecule has 1 heterocycles. The van der Waals surface area contributed by atoms with Crippen molar-refractivity contribution in [2.75, 3.05) is 0 Å². The minimum absolute atomic E-state index is 0.0866. The first kappa shape index (κ1) is 16.7. The van der Waals surface area contributed by atoms with Crippen molar-refractivity contribution >= 4 is 0 Å². The van der Waals surface area contributed by atoms with Gasteiger partial charge in [0.15, 0.2) is 0 Å². The average molecular weight is 294 g/mol. The zero-order chi connectivity index (χ0) is 16.2. The summed E-state index contributed by atoms with van der Waals surface area (Å²) in [5, 5.41) is 0. The summed E-state index contributed by atoms with van der Waals surface area (Å²) in [7, 11) is 0. The quantitative estimate of drug-likeness (QED) is 0.700. The molecule has 0 N–H and O–H groups in total. The highest BCUT2D eigenvalue weighted by molar-refractivity contribution is 5.37. The number of hydrogen-bond donors (Lipinski definition) is 0. The van der Waals surface area contributed by atoms with Crippen LogP contribution in [0, 0.1) is 11.8 Å². The van der Waals surface area contributed by atoms with E-state index in [9.17, 15) is 0 Å². The van der Waals surface area contributed by atoms with E-state index in [1.54, 1.807) is 0 Å². The molecule has 1 heteroatoms. The van der Waals surface area contributed by atoms with E-state index in [1.807, 2.05) is 6.20 Å². The summed E-state index contributed by atoms with van der Waals surface area (Å²) in [6.45, 7) is 11.3. The molecule has 0 saturated carbocycles. The Balaban J connectivity index is 2.33. The Morgan fingerprint density at radius 1 is 1.09 bits per heavy atom. The lowest BCUT2D eigenvalue weighted by molar-refractivity contribution is 0.557. The lowest BCUT2D eigenvalue weighted by Gasteiger charge is -2.25. The van der Waals surface area contributed by atoms with Crippen molar-refractivity contribution in [1.82, 2.24) is 4.98 Å². The van der Waals surface area contributed by atoms with Gasteiger partial charge in [0.1, 0.15) is 0 Å². The number of rotatable bonds is 5. The predicted molar refractivity (Wildman–Crippen MR) is 94.9 cm³/mol. The van der Waals surface area contributed by atoms with Crippen LogP contribution < -0.4 is 0 Å². The molecule has 0 aliphatic heterocycles. The molecular formula is C21H28N. The smallest absolute Gasteiger partial charge is 0.0459 e. The molecule has 2 rings (SSSR count). The fourth-order valence-corrected chi connectivity index (χ4v) is 2.66. The molecule has 0 saturated heterocycles. The van der Waals surface area contributed by atoms with E-state index in [1.165, 1.54) is 22.7 Å². The van der Waals surface area contributed by atoms with Crippen LogP contribution in [0.1, 0.15) is 57.9 Å². The van der Waals surface area contributed by atoms with Crippen LogP contribution >= 0.6 is 0 Å². The third-order valence-electron chi connectivity index (χ3n) is 4.34. The van der Waals surface area contributed by atoms with Crippen molar-refractivity contribution in [3.8, 4) is 0 Å². The summed E-state index contributed by atoms with van der Waals surface area (Å²) in [6, 6.07) is 15.2. The first-order chi connectivity index (χ1) is 10.4. The minimum atomic E-state index is 0.0866. The van der Waals surface area contributed by atoms with Crippen molar-refractivity contribution in [3.05, 3.63) is 71.4 Å². The van der Waals surface area contributed by atoms with Gasteiger partial charge in [0.05, 0.1) is 0 Å². The molecule has 2 aromatic rings. The van der Waals surface area contributed by atoms with Gasteiger partial charge in [-0.1, -0.05) is 71.4 Å². The van der Waals surface area contributed by atoms with Gasteiger partial charge in [0.2, 0.25) is 0 Å². The van der Waals surface area contributed by atoms with Crippen LogP contribution in [0.25, 0.3) is 0 Å². The molecule has 0 bridgehead atoms. The highest BCUT2D eigenvalue weighted by Gasteiger charge is 2.22. The second kappa shape index (κ2) is 7.09. The highest BCUT2D eigenvalue weighted by atomic mass is 14.7. The average Bonchev–Trinajstić information content (AvgIpc) is 2.52. The minimum Gasteiger partial charge on any atom is -0.261 e. The Hall–Kier alpha value is -1.63. The Labute approximate surface area is 135 Å². The Morgan fingerprint density at radius 2 is 1.77 bits per heavy atom. The number of benzene rings is 1. The largest absolute Gasteiger partial charge is 0.261 e. The Morgan fingerprint density at radius 3 is 2.36 bits per heavy atom. The van der Waals surface area contributed by atoms with Crippen LogP contribution in [0.15, 0.2) is 48.7 Å². The third kappa shape index (κ3) is 4.19. The number of aromatic nitrogens is 1. The summed E-state index contributed by atoms with van der Waals surface area (Å²) in [4.78, 5) is 4.57. The van der Waals surface area contributed by atoms with E-state index in [2.05, 4.69) is 82.1 Å². The van der Waals surface area contributed by atoms with Gasteiger partial charge in [-0.3, -0.25) is 4.98 Å². The molecular weight excluding hydrogens is 266 g/mol. The van der Waals surface area contributed by atoms with E-state index in [0.717, 1.165) is 12.8 Å². The van der Waals surface area contributed by atoms with Crippen molar-refractivity contribution in [2.45, 2.75) is 52.9 Å². The lowest BCUT2D eigenvalue weighted by Crippen LogP contribution is -2.17. The van der Waals surface area contributed by atoms with Gasteiger partial charge in [-0.15, -0.1) is 0 Å². The van der Waals surface area contributed by atoms with Gasteiger partial charge in [-0.2, -0.15) is 0 Å². The Kier molecular flexibility index (Phi) is 5.39. The normalized spacial score (nSPS) is 13.4. The molecule has 1 radical (unpaired) electrons. The van der Waals surface area contributed by atoms with Crippen molar-refractivity contribution in [2.24, 2.45) is 5.92 Å². The number of nitrogens with zero attached hydrogens (tertiary/aromatic N) is 1. The van der Waals surface area contributed by atoms with Gasteiger partial charge >= 0.3 is 0 Å². The molecule has 0 aliphatic carbocycles. The van der Waals surface area contributed by atoms with Gasteiger partial charge in [0, 0.05) is 23.2 Å². The molecule has 0 aliphatic rings. The van der Waals surface area contributed by atoms with Gasteiger partial charge in [-0.05, 0) is 35.6 Å². The zero-order valence-corrected chi connectivity index (χ0v) is 14.6.